The number of hydrogen-bond acceptors (Lipinski definition) is 2. The summed E-state index contributed by atoms with van der Waals surface area (Å²) >= 11 is 0. The van der Waals surface area contributed by atoms with E-state index >= 15 is 0 Å². The van der Waals surface area contributed by atoms with Gasteiger partial charge in [-0.25, -0.2) is 0 Å². The molecule has 2 aliphatic rings. The molecule has 0 saturated carbocycles. The van der Waals surface area contributed by atoms with Crippen LogP contribution in [0.15, 0.2) is 24.3 Å². The van der Waals surface area contributed by atoms with E-state index < -0.39 is 0 Å². The average molecular weight is 314 g/mol. The summed E-state index contributed by atoms with van der Waals surface area (Å²) in [6.45, 7) is 7.40. The van der Waals surface area contributed by atoms with Crippen LogP contribution in [0.2, 0.25) is 0 Å². The van der Waals surface area contributed by atoms with Crippen molar-refractivity contribution in [3.63, 3.8) is 0 Å². The predicted octanol–water partition coefficient (Wildman–Crippen LogP) is 2.93. The minimum Gasteiger partial charge on any atom is -0.344 e. The molecule has 0 bridgehead atoms. The molecule has 0 radical (unpaired) electrons. The third-order valence-corrected chi connectivity index (χ3v) is 4.99. The fraction of sp³-hybridized carbons (Fsp3) is 0.579. The second-order valence-electron chi connectivity index (χ2n) is 7.72. The Morgan fingerprint density at radius 3 is 2.43 bits per heavy atom. The fourth-order valence-electron chi connectivity index (χ4n) is 3.58. The van der Waals surface area contributed by atoms with Gasteiger partial charge < -0.3 is 10.2 Å². The quantitative estimate of drug-likeness (QED) is 0.912. The van der Waals surface area contributed by atoms with Crippen LogP contribution in [0, 0.1) is 0 Å². The third-order valence-electron chi connectivity index (χ3n) is 4.99. The predicted molar refractivity (Wildman–Crippen MR) is 90.0 cm³/mol. The zero-order valence-corrected chi connectivity index (χ0v) is 14.3. The first kappa shape index (κ1) is 16.0. The Labute approximate surface area is 138 Å². The molecule has 4 nitrogen and oxygen atoms in total. The van der Waals surface area contributed by atoms with Gasteiger partial charge in [-0.3, -0.25) is 9.59 Å². The van der Waals surface area contributed by atoms with E-state index in [9.17, 15) is 9.59 Å². The number of hydrogen-bond donors (Lipinski definition) is 1. The summed E-state index contributed by atoms with van der Waals surface area (Å²) in [5.41, 5.74) is 2.64. The Morgan fingerprint density at radius 2 is 1.87 bits per heavy atom. The van der Waals surface area contributed by atoms with Gasteiger partial charge in [-0.2, -0.15) is 0 Å². The number of benzene rings is 1. The second-order valence-corrected chi connectivity index (χ2v) is 7.72. The number of rotatable bonds is 2. The minimum absolute atomic E-state index is 0.00590. The Morgan fingerprint density at radius 1 is 1.17 bits per heavy atom. The summed E-state index contributed by atoms with van der Waals surface area (Å²) in [6.07, 6.45) is 3.12. The van der Waals surface area contributed by atoms with Crippen molar-refractivity contribution in [1.29, 1.82) is 0 Å². The summed E-state index contributed by atoms with van der Waals surface area (Å²) in [6, 6.07) is 8.49. The zero-order chi connectivity index (χ0) is 16.6. The first-order chi connectivity index (χ1) is 10.9. The second kappa shape index (κ2) is 5.99. The van der Waals surface area contributed by atoms with Crippen LogP contribution in [0.1, 0.15) is 63.6 Å². The van der Waals surface area contributed by atoms with Crippen molar-refractivity contribution in [1.82, 2.24) is 10.2 Å². The first-order valence-electron chi connectivity index (χ1n) is 8.56. The highest BCUT2D eigenvalue weighted by Crippen LogP contribution is 2.34. The van der Waals surface area contributed by atoms with Crippen molar-refractivity contribution in [3.8, 4) is 0 Å². The van der Waals surface area contributed by atoms with Crippen LogP contribution in [0.3, 0.4) is 0 Å². The maximum Gasteiger partial charge on any atom is 0.245 e. The lowest BCUT2D eigenvalue weighted by atomic mass is 9.86. The van der Waals surface area contributed by atoms with Crippen LogP contribution in [-0.2, 0) is 15.0 Å². The Kier molecular flexibility index (Phi) is 4.17. The van der Waals surface area contributed by atoms with Gasteiger partial charge in [0.15, 0.2) is 0 Å². The van der Waals surface area contributed by atoms with E-state index in [0.717, 1.165) is 19.4 Å². The highest BCUT2D eigenvalue weighted by molar-refractivity contribution is 5.91. The molecular weight excluding hydrogens is 288 g/mol. The topological polar surface area (TPSA) is 49.4 Å². The Bertz CT molecular complexity index is 601. The molecule has 2 amide bonds. The van der Waals surface area contributed by atoms with E-state index in [4.69, 9.17) is 0 Å². The number of carbonyl (C=O) groups is 2. The molecule has 4 heteroatoms. The van der Waals surface area contributed by atoms with Gasteiger partial charge in [-0.15, -0.1) is 0 Å². The standard InChI is InChI=1S/C19H26N2O2/c1-19(2,3)14-8-6-13(7-9-14)16-5-4-12-21(16)18(23)15-10-11-17(22)20-15/h6-9,15-16H,4-5,10-12H2,1-3H3,(H,20,22)/t15-,16+/m1/s1. The molecule has 2 heterocycles. The van der Waals surface area contributed by atoms with Crippen LogP contribution < -0.4 is 5.32 Å². The van der Waals surface area contributed by atoms with E-state index in [1.807, 2.05) is 4.90 Å². The number of nitrogens with one attached hydrogen (secondary N) is 1. The van der Waals surface area contributed by atoms with Crippen molar-refractivity contribution in [2.75, 3.05) is 6.54 Å². The molecule has 1 aromatic carbocycles. The Balaban J connectivity index is 1.76. The van der Waals surface area contributed by atoms with Crippen LogP contribution in [0.5, 0.6) is 0 Å². The van der Waals surface area contributed by atoms with Crippen molar-refractivity contribution in [2.24, 2.45) is 0 Å². The molecule has 0 spiro atoms. The summed E-state index contributed by atoms with van der Waals surface area (Å²) in [5, 5.41) is 2.80. The highest BCUT2D eigenvalue weighted by atomic mass is 16.2. The van der Waals surface area contributed by atoms with Crippen molar-refractivity contribution >= 4 is 11.8 Å². The summed E-state index contributed by atoms with van der Waals surface area (Å²) in [5.74, 6) is 0.0758. The molecule has 1 N–H and O–H groups in total. The zero-order valence-electron chi connectivity index (χ0n) is 14.3. The van der Waals surface area contributed by atoms with Crippen LogP contribution in [-0.4, -0.2) is 29.3 Å². The SMILES string of the molecule is CC(C)(C)c1ccc([C@@H]2CCCN2C(=O)[C@H]2CCC(=O)N2)cc1. The lowest BCUT2D eigenvalue weighted by molar-refractivity contribution is -0.135. The molecule has 124 valence electrons. The molecular formula is C19H26N2O2. The number of amides is 2. The van der Waals surface area contributed by atoms with Crippen molar-refractivity contribution in [3.05, 3.63) is 35.4 Å². The normalized spacial score (nSPS) is 24.8. The lowest BCUT2D eigenvalue weighted by Gasteiger charge is -2.28. The molecule has 2 saturated heterocycles. The third kappa shape index (κ3) is 3.26. The lowest BCUT2D eigenvalue weighted by Crippen LogP contribution is -2.44. The van der Waals surface area contributed by atoms with E-state index in [1.54, 1.807) is 0 Å². The van der Waals surface area contributed by atoms with Gasteiger partial charge in [0.25, 0.3) is 0 Å². The monoisotopic (exact) mass is 314 g/mol. The van der Waals surface area contributed by atoms with Gasteiger partial charge in [0.05, 0.1) is 6.04 Å². The molecule has 0 aliphatic carbocycles. The number of likely N-dealkylation sites (tertiary alicyclic amines) is 1. The molecule has 1 aromatic rings. The van der Waals surface area contributed by atoms with E-state index in [1.165, 1.54) is 11.1 Å². The number of carbonyl (C=O) groups excluding carboxylic acids is 2. The smallest absolute Gasteiger partial charge is 0.245 e. The van der Waals surface area contributed by atoms with E-state index in [-0.39, 0.29) is 29.3 Å². The van der Waals surface area contributed by atoms with E-state index in [2.05, 4.69) is 50.4 Å². The molecule has 2 atom stereocenters. The van der Waals surface area contributed by atoms with Gasteiger partial charge in [0.2, 0.25) is 11.8 Å². The van der Waals surface area contributed by atoms with Crippen LogP contribution >= 0.6 is 0 Å². The highest BCUT2D eigenvalue weighted by Gasteiger charge is 2.36. The average Bonchev–Trinajstić information content (AvgIpc) is 3.14. The minimum atomic E-state index is -0.322. The molecule has 2 aliphatic heterocycles. The van der Waals surface area contributed by atoms with Crippen LogP contribution in [0.25, 0.3) is 0 Å². The molecule has 23 heavy (non-hydrogen) atoms. The van der Waals surface area contributed by atoms with Crippen LogP contribution in [0.4, 0.5) is 0 Å². The number of nitrogens with zero attached hydrogens (tertiary/aromatic N) is 1. The molecule has 0 unspecified atom stereocenters. The van der Waals surface area contributed by atoms with Gasteiger partial charge >= 0.3 is 0 Å². The van der Waals surface area contributed by atoms with Gasteiger partial charge in [-0.1, -0.05) is 45.0 Å². The Hall–Kier alpha value is -1.84. The first-order valence-corrected chi connectivity index (χ1v) is 8.56. The van der Waals surface area contributed by atoms with Crippen molar-refractivity contribution < 1.29 is 9.59 Å². The molecule has 0 aromatic heterocycles. The largest absolute Gasteiger partial charge is 0.344 e. The van der Waals surface area contributed by atoms with Gasteiger partial charge in [0.1, 0.15) is 6.04 Å². The van der Waals surface area contributed by atoms with E-state index in [0.29, 0.717) is 12.8 Å². The molecule has 2 fully saturated rings. The summed E-state index contributed by atoms with van der Waals surface area (Å²) in [7, 11) is 0. The maximum atomic E-state index is 12.7. The van der Waals surface area contributed by atoms with Crippen molar-refractivity contribution in [2.45, 2.75) is 64.0 Å². The van der Waals surface area contributed by atoms with Gasteiger partial charge in [0, 0.05) is 13.0 Å². The summed E-state index contributed by atoms with van der Waals surface area (Å²) in [4.78, 5) is 26.0. The fourth-order valence-corrected chi connectivity index (χ4v) is 3.58. The maximum absolute atomic E-state index is 12.7. The van der Waals surface area contributed by atoms with Gasteiger partial charge in [-0.05, 0) is 35.8 Å². The summed E-state index contributed by atoms with van der Waals surface area (Å²) < 4.78 is 0. The molecule has 3 rings (SSSR count).